The van der Waals surface area contributed by atoms with Crippen LogP contribution in [0, 0.1) is 23.3 Å². The van der Waals surface area contributed by atoms with E-state index in [1.807, 2.05) is 79.1 Å². The van der Waals surface area contributed by atoms with Crippen LogP contribution in [-0.4, -0.2) is 88.3 Å². The molecule has 0 saturated carbocycles. The number of hydrogen-bond acceptors (Lipinski definition) is 10. The number of pyridine rings is 2. The van der Waals surface area contributed by atoms with Crippen LogP contribution in [0.25, 0.3) is 0 Å². The largest absolute Gasteiger partial charge is 0.483 e. The summed E-state index contributed by atoms with van der Waals surface area (Å²) in [5.74, 6) is -4.17. The number of likely N-dealkylation sites (N-methyl/N-ethyl adjacent to an activating group) is 2. The molecule has 0 aliphatic carbocycles. The average molecular weight is 1070 g/mol. The molecule has 2 saturated heterocycles. The average Bonchev–Trinajstić information content (AvgIpc) is 4.09. The van der Waals surface area contributed by atoms with E-state index in [2.05, 4.69) is 21.2 Å². The van der Waals surface area contributed by atoms with Gasteiger partial charge in [-0.05, 0) is 53.0 Å². The zero-order chi connectivity index (χ0) is 51.9. The minimum absolute atomic E-state index is 0.0128. The van der Waals surface area contributed by atoms with E-state index in [-0.39, 0.29) is 96.0 Å². The molecule has 3 N–H and O–H groups in total. The Kier molecular flexibility index (Phi) is 16.6. The van der Waals surface area contributed by atoms with Crippen molar-refractivity contribution in [2.24, 2.45) is 5.73 Å². The molecule has 0 bridgehead atoms. The van der Waals surface area contributed by atoms with E-state index in [1.54, 1.807) is 20.6 Å². The van der Waals surface area contributed by atoms with Crippen LogP contribution < -0.4 is 31.4 Å². The topological polar surface area (TPSA) is 177 Å². The Morgan fingerprint density at radius 2 is 1.10 bits per heavy atom. The van der Waals surface area contributed by atoms with Gasteiger partial charge in [0.25, 0.3) is 17.7 Å². The molecule has 382 valence electrons. The van der Waals surface area contributed by atoms with Crippen molar-refractivity contribution >= 4 is 33.7 Å². The van der Waals surface area contributed by atoms with E-state index in [0.717, 1.165) is 29.3 Å². The van der Waals surface area contributed by atoms with Gasteiger partial charge in [-0.25, -0.2) is 17.6 Å². The van der Waals surface area contributed by atoms with Gasteiger partial charge in [0, 0.05) is 61.8 Å². The first kappa shape index (κ1) is 52.2. The van der Waals surface area contributed by atoms with Gasteiger partial charge < -0.3 is 48.9 Å². The van der Waals surface area contributed by atoms with Gasteiger partial charge in [-0.3, -0.25) is 24.0 Å². The molecular weight excluding hydrogens is 1020 g/mol. The van der Waals surface area contributed by atoms with Crippen molar-refractivity contribution in [3.63, 3.8) is 0 Å². The predicted molar refractivity (Wildman–Crippen MR) is 263 cm³/mol. The number of halogens is 5. The second-order valence-electron chi connectivity index (χ2n) is 17.3. The molecule has 2 unspecified atom stereocenters. The summed E-state index contributed by atoms with van der Waals surface area (Å²) < 4.78 is 78.9. The second kappa shape index (κ2) is 23.2. The molecule has 4 atom stereocenters. The predicted octanol–water partition coefficient (Wildman–Crippen LogP) is 7.08. The Bertz CT molecular complexity index is 3130. The van der Waals surface area contributed by atoms with Gasteiger partial charge in [0.05, 0.1) is 55.1 Å². The molecule has 3 amide bonds. The van der Waals surface area contributed by atoms with Gasteiger partial charge in [-0.15, -0.1) is 0 Å². The SMILES string of the molecule is CCN1C(=O)c2c(OCc3ccccc3)c(=O)c(Br)cn2C2COC[C@@H]21.CCN1C(=O)c2c(OCc3ccccc3)c(=O)c(C(=O)NCc3ccc(F)cc3F)cn2C2COC[C@@H]21.NCc1ccc(F)cc1F. The second-order valence-corrected chi connectivity index (χ2v) is 18.1. The van der Waals surface area contributed by atoms with Crippen LogP contribution in [0.3, 0.4) is 0 Å². The summed E-state index contributed by atoms with van der Waals surface area (Å²) in [5, 5.41) is 2.52. The normalized spacial score (nSPS) is 18.3. The van der Waals surface area contributed by atoms with Crippen LogP contribution >= 0.6 is 15.9 Å². The lowest BCUT2D eigenvalue weighted by Gasteiger charge is -2.39. The highest BCUT2D eigenvalue weighted by atomic mass is 79.9. The number of carbonyl (C=O) groups is 3. The van der Waals surface area contributed by atoms with E-state index in [4.69, 9.17) is 24.7 Å². The fourth-order valence-corrected chi connectivity index (χ4v) is 9.56. The maximum atomic E-state index is 14.1. The van der Waals surface area contributed by atoms with Crippen molar-refractivity contribution in [3.05, 3.63) is 197 Å². The maximum absolute atomic E-state index is 14.1. The molecule has 6 aromatic rings. The van der Waals surface area contributed by atoms with Crippen LogP contribution in [0.15, 0.2) is 124 Å². The monoisotopic (exact) mass is 1070 g/mol. The molecule has 4 aliphatic rings. The molecule has 0 radical (unpaired) electrons. The summed E-state index contributed by atoms with van der Waals surface area (Å²) in [5.41, 5.74) is 6.31. The minimum Gasteiger partial charge on any atom is -0.483 e. The van der Waals surface area contributed by atoms with Gasteiger partial charge in [0.2, 0.25) is 10.9 Å². The number of benzene rings is 4. The first-order chi connectivity index (χ1) is 35.2. The molecule has 2 aromatic heterocycles. The third-order valence-corrected chi connectivity index (χ3v) is 13.5. The molecule has 4 aromatic carbocycles. The van der Waals surface area contributed by atoms with E-state index in [1.165, 1.54) is 24.4 Å². The van der Waals surface area contributed by atoms with Crippen LogP contribution in [0.2, 0.25) is 0 Å². The molecular formula is C53H51BrF4N6O9. The highest BCUT2D eigenvalue weighted by molar-refractivity contribution is 9.10. The number of nitrogens with zero attached hydrogens (tertiary/aromatic N) is 4. The van der Waals surface area contributed by atoms with Crippen molar-refractivity contribution in [2.45, 2.75) is 64.3 Å². The molecule has 15 nitrogen and oxygen atoms in total. The number of fused-ring (bicyclic) bond motifs is 6. The third kappa shape index (κ3) is 11.1. The van der Waals surface area contributed by atoms with Crippen LogP contribution in [-0.2, 0) is 35.8 Å². The number of hydrogen-bond donors (Lipinski definition) is 2. The van der Waals surface area contributed by atoms with Crippen molar-refractivity contribution in [3.8, 4) is 11.5 Å². The molecule has 2 fully saturated rings. The summed E-state index contributed by atoms with van der Waals surface area (Å²) >= 11 is 3.32. The summed E-state index contributed by atoms with van der Waals surface area (Å²) in [6.07, 6.45) is 3.03. The standard InChI is InChI=1S/C27H25F2N3O5.C19H19BrN2O4.C7H7F2N/c1-2-31-21-14-36-15-22(21)32-12-19(26(34)30-11-17-8-9-18(28)10-20(17)29)24(33)25(23(32)27(31)35)37-13-16-6-4-3-5-7-16;1-2-21-14-10-25-11-15(14)22-8-13(20)17(23)18(16(22)19(21)24)26-9-12-6-4-3-5-7-12;8-6-2-1-5(4-10)7(9)3-6/h3-10,12,21-22H,2,11,13-15H2,1H3,(H,30,34);3-8,14-15H,2,9-11H2,1H3;1-3H,4,10H2/t21-,22?;14-,15?;/m00./s1. The lowest BCUT2D eigenvalue weighted by atomic mass is 10.0. The molecule has 20 heteroatoms. The Balaban J connectivity index is 0.000000170. The molecule has 0 spiro atoms. The summed E-state index contributed by atoms with van der Waals surface area (Å²) in [6.45, 7) is 6.49. The van der Waals surface area contributed by atoms with Crippen molar-refractivity contribution in [1.29, 1.82) is 0 Å². The lowest BCUT2D eigenvalue weighted by Crippen LogP contribution is -2.51. The molecule has 6 heterocycles. The molecule has 73 heavy (non-hydrogen) atoms. The Hall–Kier alpha value is -7.13. The highest BCUT2D eigenvalue weighted by Gasteiger charge is 2.46. The van der Waals surface area contributed by atoms with E-state index < -0.39 is 34.6 Å². The Morgan fingerprint density at radius 1 is 0.644 bits per heavy atom. The van der Waals surface area contributed by atoms with Crippen molar-refractivity contribution in [2.75, 3.05) is 39.5 Å². The van der Waals surface area contributed by atoms with Crippen LogP contribution in [0.5, 0.6) is 11.5 Å². The minimum atomic E-state index is -0.814. The van der Waals surface area contributed by atoms with Crippen LogP contribution in [0.1, 0.15) is 79.5 Å². The van der Waals surface area contributed by atoms with Crippen molar-refractivity contribution in [1.82, 2.24) is 24.3 Å². The van der Waals surface area contributed by atoms with Gasteiger partial charge in [-0.1, -0.05) is 72.8 Å². The number of nitrogens with two attached hydrogens (primary N) is 1. The summed E-state index contributed by atoms with van der Waals surface area (Å²) in [4.78, 5) is 69.4. The first-order valence-corrected chi connectivity index (χ1v) is 24.2. The van der Waals surface area contributed by atoms with E-state index in [0.29, 0.717) is 55.2 Å². The first-order valence-electron chi connectivity index (χ1n) is 23.4. The number of ether oxygens (including phenoxy) is 4. The Labute approximate surface area is 425 Å². The lowest BCUT2D eigenvalue weighted by molar-refractivity contribution is 0.0560. The van der Waals surface area contributed by atoms with Gasteiger partial charge >= 0.3 is 0 Å². The quantitative estimate of drug-likeness (QED) is 0.121. The fourth-order valence-electron chi connectivity index (χ4n) is 9.16. The molecule has 4 aliphatic heterocycles. The van der Waals surface area contributed by atoms with Gasteiger partial charge in [0.1, 0.15) is 42.0 Å². The number of amides is 3. The highest BCUT2D eigenvalue weighted by Crippen LogP contribution is 2.37. The zero-order valence-electron chi connectivity index (χ0n) is 39.7. The number of carbonyl (C=O) groups excluding carboxylic acids is 3. The Morgan fingerprint density at radius 3 is 1.56 bits per heavy atom. The van der Waals surface area contributed by atoms with Gasteiger partial charge in [-0.2, -0.15) is 0 Å². The summed E-state index contributed by atoms with van der Waals surface area (Å²) in [6, 6.07) is 24.5. The molecule has 10 rings (SSSR count). The summed E-state index contributed by atoms with van der Waals surface area (Å²) in [7, 11) is 0. The number of nitrogens with one attached hydrogen (secondary N) is 1. The van der Waals surface area contributed by atoms with E-state index >= 15 is 0 Å². The maximum Gasteiger partial charge on any atom is 0.274 e. The number of aromatic nitrogens is 2. The van der Waals surface area contributed by atoms with Crippen molar-refractivity contribution < 1.29 is 50.9 Å². The fraction of sp³-hybridized carbons (Fsp3) is 0.302. The van der Waals surface area contributed by atoms with E-state index in [9.17, 15) is 41.5 Å². The van der Waals surface area contributed by atoms with Crippen LogP contribution in [0.4, 0.5) is 17.6 Å². The third-order valence-electron chi connectivity index (χ3n) is 12.9. The smallest absolute Gasteiger partial charge is 0.274 e. The number of rotatable bonds is 12. The van der Waals surface area contributed by atoms with Gasteiger partial charge in [0.15, 0.2) is 22.9 Å². The zero-order valence-corrected chi connectivity index (χ0v) is 41.3.